The van der Waals surface area contributed by atoms with Gasteiger partial charge >= 0.3 is 11.9 Å². The number of aliphatic hydroxyl groups is 7. The molecule has 15 heteroatoms. The molecule has 0 amide bonds. The fourth-order valence-electron chi connectivity index (χ4n) is 6.93. The maximum Gasteiger partial charge on any atom is 0.306 e. The topological polar surface area (TPSA) is 231 Å². The number of carbonyl (C=O) groups excluding carboxylic acids is 2. The largest absolute Gasteiger partial charge is 0.462 e. The monoisotopic (exact) mass is 935 g/mol. The van der Waals surface area contributed by atoms with Crippen molar-refractivity contribution in [3.63, 3.8) is 0 Å². The van der Waals surface area contributed by atoms with E-state index in [4.69, 9.17) is 28.4 Å². The zero-order chi connectivity index (χ0) is 48.2. The highest BCUT2D eigenvalue weighted by molar-refractivity contribution is 5.70. The molecule has 0 bridgehead atoms. The van der Waals surface area contributed by atoms with Crippen molar-refractivity contribution in [3.8, 4) is 0 Å². The molecule has 0 aliphatic carbocycles. The van der Waals surface area contributed by atoms with Gasteiger partial charge in [0.25, 0.3) is 0 Å². The SMILES string of the molecule is CC/C=C/C/C=C/C/C=C/C/C=C/CCCCC(=O)O[C@H](COC(=O)CCCCCCC/C=C/C/C=C/C/C=C/CC)CO[C@@H]1O[C@H](CO[C@@H]2O[C@H](CO)[C@H](O)C(O)C2O)[C@H](O)C(O)C1O. The minimum Gasteiger partial charge on any atom is -0.462 e. The molecule has 15 nitrogen and oxygen atoms in total. The van der Waals surface area contributed by atoms with Crippen LogP contribution in [-0.4, -0.2) is 142 Å². The Balaban J connectivity index is 1.86. The predicted molar refractivity (Wildman–Crippen MR) is 252 cm³/mol. The molecular weight excluding hydrogens is 853 g/mol. The van der Waals surface area contributed by atoms with Gasteiger partial charge in [-0.15, -0.1) is 0 Å². The summed E-state index contributed by atoms with van der Waals surface area (Å²) in [6, 6.07) is 0. The highest BCUT2D eigenvalue weighted by Crippen LogP contribution is 2.26. The van der Waals surface area contributed by atoms with Crippen LogP contribution in [0.4, 0.5) is 0 Å². The molecule has 66 heavy (non-hydrogen) atoms. The maximum absolute atomic E-state index is 13.0. The second kappa shape index (κ2) is 37.6. The molecule has 0 aromatic carbocycles. The van der Waals surface area contributed by atoms with Gasteiger partial charge in [0.2, 0.25) is 0 Å². The van der Waals surface area contributed by atoms with Crippen LogP contribution < -0.4 is 0 Å². The first kappa shape index (κ1) is 58.8. The van der Waals surface area contributed by atoms with E-state index in [1.807, 2.05) is 0 Å². The van der Waals surface area contributed by atoms with Crippen LogP contribution in [-0.2, 0) is 38.0 Å². The number of esters is 2. The minimum atomic E-state index is -1.78. The quantitative estimate of drug-likeness (QED) is 0.0218. The van der Waals surface area contributed by atoms with Crippen molar-refractivity contribution in [1.82, 2.24) is 0 Å². The van der Waals surface area contributed by atoms with Crippen LogP contribution in [0.2, 0.25) is 0 Å². The normalized spacial score (nSPS) is 26.9. The Bertz CT molecular complexity index is 1470. The zero-order valence-electron chi connectivity index (χ0n) is 39.4. The van der Waals surface area contributed by atoms with E-state index in [2.05, 4.69) is 98.9 Å². The first-order valence-electron chi connectivity index (χ1n) is 24.2. The predicted octanol–water partition coefficient (Wildman–Crippen LogP) is 6.04. The van der Waals surface area contributed by atoms with Crippen LogP contribution >= 0.6 is 0 Å². The van der Waals surface area contributed by atoms with Gasteiger partial charge in [0.1, 0.15) is 55.4 Å². The molecule has 2 heterocycles. The van der Waals surface area contributed by atoms with Gasteiger partial charge in [-0.1, -0.05) is 118 Å². The molecule has 2 aliphatic rings. The van der Waals surface area contributed by atoms with Gasteiger partial charge in [-0.2, -0.15) is 0 Å². The summed E-state index contributed by atoms with van der Waals surface area (Å²) in [6.45, 7) is 2.26. The van der Waals surface area contributed by atoms with Crippen molar-refractivity contribution in [2.45, 2.75) is 197 Å². The molecule has 0 radical (unpaired) electrons. The lowest BCUT2D eigenvalue weighted by molar-refractivity contribution is -0.332. The first-order valence-corrected chi connectivity index (χ1v) is 24.2. The molecular formula is C51H82O15. The highest BCUT2D eigenvalue weighted by Gasteiger charge is 2.47. The van der Waals surface area contributed by atoms with Crippen LogP contribution in [0.1, 0.15) is 129 Å². The average Bonchev–Trinajstić information content (AvgIpc) is 3.31. The van der Waals surface area contributed by atoms with E-state index in [9.17, 15) is 45.3 Å². The van der Waals surface area contributed by atoms with E-state index in [0.29, 0.717) is 12.8 Å². The van der Waals surface area contributed by atoms with Gasteiger partial charge in [0, 0.05) is 12.8 Å². The lowest BCUT2D eigenvalue weighted by atomic mass is 9.98. The average molecular weight is 935 g/mol. The number of hydrogen-bond acceptors (Lipinski definition) is 15. The summed E-state index contributed by atoms with van der Waals surface area (Å²) in [6.07, 6.45) is 27.6. The molecule has 4 unspecified atom stereocenters. The van der Waals surface area contributed by atoms with Crippen molar-refractivity contribution < 1.29 is 73.8 Å². The molecule has 2 saturated heterocycles. The summed E-state index contributed by atoms with van der Waals surface area (Å²) < 4.78 is 33.4. The van der Waals surface area contributed by atoms with Crippen LogP contribution in [0.15, 0.2) is 85.1 Å². The second-order valence-corrected chi connectivity index (χ2v) is 16.5. The molecule has 0 aromatic rings. The maximum atomic E-state index is 13.0. The number of carbonyl (C=O) groups is 2. The Kier molecular flexibility index (Phi) is 33.5. The molecule has 7 N–H and O–H groups in total. The van der Waals surface area contributed by atoms with Crippen LogP contribution in [0.25, 0.3) is 0 Å². The third-order valence-corrected chi connectivity index (χ3v) is 10.9. The number of hydrogen-bond donors (Lipinski definition) is 7. The summed E-state index contributed by atoms with van der Waals surface area (Å²) in [5, 5.41) is 72.0. The Hall–Kier alpha value is -3.32. The number of aliphatic hydroxyl groups excluding tert-OH is 7. The molecule has 2 fully saturated rings. The number of unbranched alkanes of at least 4 members (excludes halogenated alkanes) is 7. The molecule has 0 spiro atoms. The van der Waals surface area contributed by atoms with E-state index < -0.39 is 99.3 Å². The molecule has 2 aliphatic heterocycles. The molecule has 0 aromatic heterocycles. The van der Waals surface area contributed by atoms with Gasteiger partial charge in [-0.05, 0) is 83.5 Å². The fourth-order valence-corrected chi connectivity index (χ4v) is 6.93. The minimum absolute atomic E-state index is 0.104. The van der Waals surface area contributed by atoms with E-state index in [-0.39, 0.29) is 19.4 Å². The molecule has 2 rings (SSSR count). The van der Waals surface area contributed by atoms with Crippen LogP contribution in [0.5, 0.6) is 0 Å². The number of ether oxygens (including phenoxy) is 6. The lowest BCUT2D eigenvalue weighted by Crippen LogP contribution is -2.61. The second-order valence-electron chi connectivity index (χ2n) is 16.5. The van der Waals surface area contributed by atoms with E-state index in [1.165, 1.54) is 0 Å². The summed E-state index contributed by atoms with van der Waals surface area (Å²) in [7, 11) is 0. The molecule has 0 saturated carbocycles. The Morgan fingerprint density at radius 3 is 1.45 bits per heavy atom. The fraction of sp³-hybridized carbons (Fsp3) is 0.686. The standard InChI is InChI=1S/C51H82O15/c1-3-5-7-9-11-13-15-17-19-21-23-25-27-29-31-33-42(53)61-36-39(64-43(54)34-32-30-28-26-24-22-20-18-16-14-12-10-8-6-4-2)37-62-50-49(60)47(58)45(56)41(66-50)38-63-51-48(59)46(57)44(55)40(35-52)65-51/h5-8,11-14,17-20,24,26,39-41,44-52,55-60H,3-4,9-10,15-16,21-23,25,27-38H2,1-2H3/b7-5+,8-6+,13-11+,14-12+,19-17+,20-18+,26-24+/t39-,40-,41-,44+,45+,46?,47?,48?,49?,50-,51-/m1/s1. The lowest BCUT2D eigenvalue weighted by Gasteiger charge is -2.42. The van der Waals surface area contributed by atoms with Crippen molar-refractivity contribution in [2.75, 3.05) is 26.4 Å². The summed E-state index contributed by atoms with van der Waals surface area (Å²) in [4.78, 5) is 25.7. The van der Waals surface area contributed by atoms with Crippen LogP contribution in [0, 0.1) is 0 Å². The van der Waals surface area contributed by atoms with E-state index >= 15 is 0 Å². The highest BCUT2D eigenvalue weighted by atomic mass is 16.7. The Labute approximate surface area is 393 Å². The van der Waals surface area contributed by atoms with E-state index in [0.717, 1.165) is 89.9 Å². The van der Waals surface area contributed by atoms with Gasteiger partial charge in [0.15, 0.2) is 18.7 Å². The van der Waals surface area contributed by atoms with Gasteiger partial charge in [-0.3, -0.25) is 9.59 Å². The third kappa shape index (κ3) is 25.7. The zero-order valence-corrected chi connectivity index (χ0v) is 39.4. The number of allylic oxidation sites excluding steroid dienone is 14. The van der Waals surface area contributed by atoms with Gasteiger partial charge in [0.05, 0.1) is 19.8 Å². The Morgan fingerprint density at radius 1 is 0.485 bits per heavy atom. The van der Waals surface area contributed by atoms with Gasteiger partial charge < -0.3 is 64.2 Å². The summed E-state index contributed by atoms with van der Waals surface area (Å²) in [5.41, 5.74) is 0. The first-order chi connectivity index (χ1) is 32.0. The van der Waals surface area contributed by atoms with Gasteiger partial charge in [-0.25, -0.2) is 0 Å². The molecule has 11 atom stereocenters. The smallest absolute Gasteiger partial charge is 0.306 e. The summed E-state index contributed by atoms with van der Waals surface area (Å²) >= 11 is 0. The van der Waals surface area contributed by atoms with Crippen molar-refractivity contribution in [3.05, 3.63) is 85.1 Å². The third-order valence-electron chi connectivity index (χ3n) is 10.9. The van der Waals surface area contributed by atoms with E-state index in [1.54, 1.807) is 0 Å². The summed E-state index contributed by atoms with van der Waals surface area (Å²) in [5.74, 6) is -1.00. The van der Waals surface area contributed by atoms with Crippen molar-refractivity contribution in [1.29, 1.82) is 0 Å². The Morgan fingerprint density at radius 2 is 0.909 bits per heavy atom. The number of rotatable bonds is 35. The molecule has 376 valence electrons. The van der Waals surface area contributed by atoms with Crippen molar-refractivity contribution >= 4 is 11.9 Å². The van der Waals surface area contributed by atoms with Crippen LogP contribution in [0.3, 0.4) is 0 Å². The van der Waals surface area contributed by atoms with Crippen molar-refractivity contribution in [2.24, 2.45) is 0 Å².